The molecule has 0 aliphatic carbocycles. The van der Waals surface area contributed by atoms with Crippen LogP contribution in [-0.2, 0) is 37.5 Å². The molecule has 0 aliphatic rings. The maximum Gasteiger partial charge on any atom is 0.472 e. The Hall–Kier alpha value is -2.04. The number of carboxylic acid groups (broad SMARTS) is 1. The number of phosphoric acid groups is 1. The summed E-state index contributed by atoms with van der Waals surface area (Å²) in [6, 6.07) is -1.52. The van der Waals surface area contributed by atoms with E-state index in [4.69, 9.17) is 24.8 Å². The number of aliphatic carboxylic acids is 1. The maximum absolute atomic E-state index is 12.5. The molecule has 1 unspecified atom stereocenters. The number of unbranched alkanes of at least 4 members (excludes halogenated alkanes) is 15. The third kappa shape index (κ3) is 31.0. The van der Waals surface area contributed by atoms with E-state index in [-0.39, 0.29) is 19.4 Å². The van der Waals surface area contributed by atoms with Gasteiger partial charge in [-0.25, -0.2) is 4.57 Å². The topological polar surface area (TPSA) is 172 Å². The molecule has 47 heavy (non-hydrogen) atoms. The molecule has 274 valence electrons. The summed E-state index contributed by atoms with van der Waals surface area (Å²) in [6.45, 7) is 2.68. The molecule has 0 spiro atoms. The first-order valence-electron chi connectivity index (χ1n) is 17.9. The molecule has 0 aromatic heterocycles. The minimum atomic E-state index is -4.71. The van der Waals surface area contributed by atoms with Gasteiger partial charge < -0.3 is 25.2 Å². The normalized spacial score (nSPS) is 14.3. The van der Waals surface area contributed by atoms with Crippen molar-refractivity contribution < 1.29 is 47.5 Å². The Bertz CT molecular complexity index is 911. The molecule has 0 aromatic carbocycles. The lowest BCUT2D eigenvalue weighted by Gasteiger charge is -2.20. The van der Waals surface area contributed by atoms with E-state index in [0.29, 0.717) is 12.8 Å². The lowest BCUT2D eigenvalue weighted by atomic mass is 10.1. The Morgan fingerprint density at radius 3 is 1.62 bits per heavy atom. The molecule has 0 heterocycles. The van der Waals surface area contributed by atoms with Crippen LogP contribution in [0.25, 0.3) is 0 Å². The summed E-state index contributed by atoms with van der Waals surface area (Å²) in [5.74, 6) is -2.41. The summed E-state index contributed by atoms with van der Waals surface area (Å²) in [7, 11) is -4.71. The fraction of sp³-hybridized carbons (Fsp3) is 0.800. The standard InChI is InChI=1S/C35H64NO10P/c1-3-5-7-9-11-13-15-17-18-20-22-24-26-33(37)43-28-31(29-44-47(41,42)45-30-32(36)35(39)40)46-34(38)27-25-23-21-19-16-14-12-10-8-6-4-2/h10-13,31-32H,3-9,14-30,36H2,1-2H3,(H,39,40)(H,41,42)/b12-10+,13-11+/t31-,32+/m1/s1. The summed E-state index contributed by atoms with van der Waals surface area (Å²) in [5, 5.41) is 8.83. The third-order valence-corrected chi connectivity index (χ3v) is 8.37. The van der Waals surface area contributed by atoms with E-state index in [1.807, 2.05) is 0 Å². The van der Waals surface area contributed by atoms with Crippen molar-refractivity contribution in [3.63, 3.8) is 0 Å². The van der Waals surface area contributed by atoms with Crippen molar-refractivity contribution in [1.29, 1.82) is 0 Å². The minimum absolute atomic E-state index is 0.150. The molecule has 4 N–H and O–H groups in total. The number of nitrogens with two attached hydrogens (primary N) is 1. The Labute approximate surface area is 283 Å². The zero-order chi connectivity index (χ0) is 35.0. The number of ether oxygens (including phenoxy) is 2. The second-order valence-corrected chi connectivity index (χ2v) is 13.4. The number of esters is 2. The number of hydrogen-bond donors (Lipinski definition) is 3. The number of carbonyl (C=O) groups is 3. The highest BCUT2D eigenvalue weighted by Crippen LogP contribution is 2.43. The molecule has 0 aromatic rings. The van der Waals surface area contributed by atoms with Crippen LogP contribution < -0.4 is 5.73 Å². The van der Waals surface area contributed by atoms with Gasteiger partial charge >= 0.3 is 25.7 Å². The lowest BCUT2D eigenvalue weighted by Crippen LogP contribution is -2.34. The van der Waals surface area contributed by atoms with Gasteiger partial charge in [0, 0.05) is 12.8 Å². The van der Waals surface area contributed by atoms with Crippen LogP contribution in [-0.4, -0.2) is 59.9 Å². The number of carboxylic acids is 1. The van der Waals surface area contributed by atoms with Crippen LogP contribution in [0.15, 0.2) is 24.3 Å². The van der Waals surface area contributed by atoms with E-state index >= 15 is 0 Å². The summed E-state index contributed by atoms with van der Waals surface area (Å²) in [6.07, 6.45) is 28.3. The molecule has 0 aliphatic heterocycles. The van der Waals surface area contributed by atoms with Gasteiger partial charge in [-0.15, -0.1) is 0 Å². The van der Waals surface area contributed by atoms with Gasteiger partial charge in [0.15, 0.2) is 6.10 Å². The van der Waals surface area contributed by atoms with Crippen LogP contribution >= 0.6 is 7.82 Å². The van der Waals surface area contributed by atoms with Crippen LogP contribution in [0, 0.1) is 0 Å². The fourth-order valence-corrected chi connectivity index (χ4v) is 5.29. The highest BCUT2D eigenvalue weighted by atomic mass is 31.2. The Kier molecular flexibility index (Phi) is 29.9. The quantitative estimate of drug-likeness (QED) is 0.0262. The zero-order valence-electron chi connectivity index (χ0n) is 29.1. The van der Waals surface area contributed by atoms with Gasteiger partial charge in [0.1, 0.15) is 12.6 Å². The van der Waals surface area contributed by atoms with Crippen molar-refractivity contribution >= 4 is 25.7 Å². The molecule has 0 saturated heterocycles. The number of carbonyl (C=O) groups excluding carboxylic acids is 2. The number of rotatable bonds is 33. The second kappa shape index (κ2) is 31.2. The van der Waals surface area contributed by atoms with Crippen LogP contribution in [0.2, 0.25) is 0 Å². The van der Waals surface area contributed by atoms with Gasteiger partial charge in [-0.05, 0) is 57.8 Å². The zero-order valence-corrected chi connectivity index (χ0v) is 30.0. The van der Waals surface area contributed by atoms with Gasteiger partial charge in [-0.2, -0.15) is 0 Å². The molecular formula is C35H64NO10P. The molecule has 12 heteroatoms. The predicted molar refractivity (Wildman–Crippen MR) is 185 cm³/mol. The SMILES string of the molecule is CCCC/C=C/CCCCCCCC(=O)O[C@H](COC(=O)CCCCCCC/C=C/CCCCC)COP(=O)(O)OC[C@H](N)C(=O)O. The van der Waals surface area contributed by atoms with Crippen LogP contribution in [0.5, 0.6) is 0 Å². The van der Waals surface area contributed by atoms with Crippen molar-refractivity contribution in [1.82, 2.24) is 0 Å². The van der Waals surface area contributed by atoms with Gasteiger partial charge in [-0.3, -0.25) is 23.4 Å². The average Bonchev–Trinajstić information content (AvgIpc) is 3.04. The summed E-state index contributed by atoms with van der Waals surface area (Å²) < 4.78 is 32.4. The molecule has 0 saturated carbocycles. The molecule has 0 bridgehead atoms. The first-order valence-corrected chi connectivity index (χ1v) is 19.4. The van der Waals surface area contributed by atoms with Crippen LogP contribution in [0.3, 0.4) is 0 Å². The second-order valence-electron chi connectivity index (χ2n) is 12.0. The van der Waals surface area contributed by atoms with E-state index in [2.05, 4.69) is 42.7 Å². The molecule has 0 radical (unpaired) electrons. The molecule has 0 amide bonds. The monoisotopic (exact) mass is 689 g/mol. The fourth-order valence-electron chi connectivity index (χ4n) is 4.51. The van der Waals surface area contributed by atoms with Crippen molar-refractivity contribution in [2.75, 3.05) is 19.8 Å². The van der Waals surface area contributed by atoms with E-state index in [1.165, 1.54) is 32.1 Å². The number of phosphoric ester groups is 1. The highest BCUT2D eigenvalue weighted by molar-refractivity contribution is 7.47. The minimum Gasteiger partial charge on any atom is -0.480 e. The van der Waals surface area contributed by atoms with Crippen LogP contribution in [0.4, 0.5) is 0 Å². The smallest absolute Gasteiger partial charge is 0.472 e. The molecule has 11 nitrogen and oxygen atoms in total. The van der Waals surface area contributed by atoms with Gasteiger partial charge in [0.25, 0.3) is 0 Å². The van der Waals surface area contributed by atoms with E-state index in [1.54, 1.807) is 0 Å². The Morgan fingerprint density at radius 1 is 0.638 bits per heavy atom. The third-order valence-electron chi connectivity index (χ3n) is 7.42. The van der Waals surface area contributed by atoms with E-state index in [9.17, 15) is 23.8 Å². The summed E-state index contributed by atoms with van der Waals surface area (Å²) >= 11 is 0. The lowest BCUT2D eigenvalue weighted by molar-refractivity contribution is -0.161. The number of allylic oxidation sites excluding steroid dienone is 4. The van der Waals surface area contributed by atoms with Crippen molar-refractivity contribution in [3.8, 4) is 0 Å². The molecule has 0 fully saturated rings. The molecule has 3 atom stereocenters. The average molecular weight is 690 g/mol. The predicted octanol–water partition coefficient (Wildman–Crippen LogP) is 8.33. The molecular weight excluding hydrogens is 625 g/mol. The number of hydrogen-bond acceptors (Lipinski definition) is 9. The maximum atomic E-state index is 12.5. The summed E-state index contributed by atoms with van der Waals surface area (Å²) in [4.78, 5) is 45.6. The van der Waals surface area contributed by atoms with Crippen molar-refractivity contribution in [2.45, 2.75) is 161 Å². The van der Waals surface area contributed by atoms with Gasteiger partial charge in [0.05, 0.1) is 13.2 Å². The Balaban J connectivity index is 4.51. The first kappa shape index (κ1) is 45.0. The van der Waals surface area contributed by atoms with Gasteiger partial charge in [-0.1, -0.05) is 102 Å². The first-order chi connectivity index (χ1) is 22.6. The van der Waals surface area contributed by atoms with Gasteiger partial charge in [0.2, 0.25) is 0 Å². The van der Waals surface area contributed by atoms with E-state index < -0.39 is 51.1 Å². The highest BCUT2D eigenvalue weighted by Gasteiger charge is 2.28. The largest absolute Gasteiger partial charge is 0.480 e. The van der Waals surface area contributed by atoms with Crippen molar-refractivity contribution in [3.05, 3.63) is 24.3 Å². The van der Waals surface area contributed by atoms with E-state index in [0.717, 1.165) is 77.0 Å². The van der Waals surface area contributed by atoms with Crippen LogP contribution in [0.1, 0.15) is 149 Å². The summed E-state index contributed by atoms with van der Waals surface area (Å²) in [5.41, 5.74) is 5.30. The molecule has 0 rings (SSSR count). The van der Waals surface area contributed by atoms with Crippen molar-refractivity contribution in [2.24, 2.45) is 5.73 Å². The Morgan fingerprint density at radius 2 is 1.09 bits per heavy atom.